The summed E-state index contributed by atoms with van der Waals surface area (Å²) < 4.78 is 14.4. The van der Waals surface area contributed by atoms with E-state index in [4.69, 9.17) is 9.47 Å². The zero-order valence-corrected chi connectivity index (χ0v) is 21.3. The normalized spacial score (nSPS) is 19.0. The minimum atomic E-state index is -1.11. The zero-order valence-electron chi connectivity index (χ0n) is 21.3. The van der Waals surface area contributed by atoms with Gasteiger partial charge in [-0.3, -0.25) is 0 Å². The lowest BCUT2D eigenvalue weighted by atomic mass is 9.80. The highest BCUT2D eigenvalue weighted by atomic mass is 16.6. The van der Waals surface area contributed by atoms with Crippen molar-refractivity contribution in [1.82, 2.24) is 4.40 Å². The highest BCUT2D eigenvalue weighted by molar-refractivity contribution is 5.97. The van der Waals surface area contributed by atoms with E-state index in [9.17, 15) is 4.79 Å². The lowest BCUT2D eigenvalue weighted by Crippen LogP contribution is -2.36. The lowest BCUT2D eigenvalue weighted by Gasteiger charge is -2.33. The van der Waals surface area contributed by atoms with Crippen LogP contribution in [0.15, 0.2) is 103 Å². The topological polar surface area (TPSA) is 43.2 Å². The van der Waals surface area contributed by atoms with Crippen molar-refractivity contribution in [2.75, 3.05) is 31.2 Å². The number of fused-ring (bicyclic) bond motifs is 2. The summed E-state index contributed by atoms with van der Waals surface area (Å²) in [6, 6.07) is 35.1. The van der Waals surface area contributed by atoms with Crippen LogP contribution >= 0.6 is 0 Å². The molecule has 2 aliphatic heterocycles. The fourth-order valence-electron chi connectivity index (χ4n) is 6.05. The first-order chi connectivity index (χ1) is 18.7. The number of hydrogen-bond acceptors (Lipinski definition) is 4. The van der Waals surface area contributed by atoms with Crippen LogP contribution in [0.5, 0.6) is 0 Å². The van der Waals surface area contributed by atoms with Crippen LogP contribution in [-0.2, 0) is 15.1 Å². The molecule has 7 rings (SSSR count). The van der Waals surface area contributed by atoms with Crippen LogP contribution in [0.1, 0.15) is 32.9 Å². The smallest absolute Gasteiger partial charge is 0.340 e. The molecule has 2 aliphatic rings. The lowest BCUT2D eigenvalue weighted by molar-refractivity contribution is 0.0238. The highest BCUT2D eigenvalue weighted by Crippen LogP contribution is 2.51. The molecule has 0 radical (unpaired) electrons. The van der Waals surface area contributed by atoms with E-state index in [2.05, 4.69) is 76.9 Å². The average Bonchev–Trinajstić information content (AvgIpc) is 3.52. The number of anilines is 1. The summed E-state index contributed by atoms with van der Waals surface area (Å²) in [5, 5.41) is 0. The summed E-state index contributed by atoms with van der Waals surface area (Å²) in [5.74, 6) is -0.305. The molecule has 188 valence electrons. The van der Waals surface area contributed by atoms with Gasteiger partial charge in [-0.2, -0.15) is 0 Å². The van der Waals surface area contributed by atoms with Gasteiger partial charge in [0.05, 0.1) is 24.5 Å². The second kappa shape index (κ2) is 8.89. The van der Waals surface area contributed by atoms with E-state index in [0.29, 0.717) is 5.56 Å². The van der Waals surface area contributed by atoms with Crippen molar-refractivity contribution < 1.29 is 14.3 Å². The van der Waals surface area contributed by atoms with Gasteiger partial charge in [-0.1, -0.05) is 66.7 Å². The Hall–Kier alpha value is -4.35. The van der Waals surface area contributed by atoms with Crippen molar-refractivity contribution >= 4 is 17.2 Å². The Balaban J connectivity index is 1.53. The Labute approximate surface area is 221 Å². The maximum atomic E-state index is 13.5. The number of aryl methyl sites for hydroxylation is 1. The van der Waals surface area contributed by atoms with Gasteiger partial charge in [0.15, 0.2) is 0 Å². The Bertz CT molecular complexity index is 1650. The van der Waals surface area contributed by atoms with Crippen LogP contribution in [-0.4, -0.2) is 36.7 Å². The van der Waals surface area contributed by atoms with Gasteiger partial charge in [0.2, 0.25) is 5.60 Å². The molecule has 1 unspecified atom stereocenters. The van der Waals surface area contributed by atoms with Gasteiger partial charge in [0.25, 0.3) is 0 Å². The fourth-order valence-corrected chi connectivity index (χ4v) is 6.05. The molecule has 1 atom stereocenters. The molecule has 2 aromatic heterocycles. The summed E-state index contributed by atoms with van der Waals surface area (Å²) in [5.41, 5.74) is 7.62. The van der Waals surface area contributed by atoms with Crippen molar-refractivity contribution in [1.29, 1.82) is 0 Å². The summed E-state index contributed by atoms with van der Waals surface area (Å²) in [4.78, 5) is 15.8. The van der Waals surface area contributed by atoms with E-state index in [0.717, 1.165) is 71.1 Å². The number of aromatic nitrogens is 1. The van der Waals surface area contributed by atoms with Crippen molar-refractivity contribution in [3.05, 3.63) is 131 Å². The predicted octanol–water partition coefficient (Wildman–Crippen LogP) is 6.21. The molecule has 0 aliphatic carbocycles. The number of hydrogen-bond donors (Lipinski definition) is 0. The van der Waals surface area contributed by atoms with Crippen LogP contribution in [0.25, 0.3) is 16.6 Å². The molecule has 4 heterocycles. The summed E-state index contributed by atoms with van der Waals surface area (Å²) in [6.07, 6.45) is 0. The van der Waals surface area contributed by atoms with Crippen LogP contribution in [0.2, 0.25) is 0 Å². The van der Waals surface area contributed by atoms with Crippen LogP contribution in [0.4, 0.5) is 5.69 Å². The van der Waals surface area contributed by atoms with Gasteiger partial charge in [-0.25, -0.2) is 4.79 Å². The quantitative estimate of drug-likeness (QED) is 0.275. The molecular weight excluding hydrogens is 472 g/mol. The first-order valence-corrected chi connectivity index (χ1v) is 13.1. The minimum absolute atomic E-state index is 0.305. The molecule has 38 heavy (non-hydrogen) atoms. The first kappa shape index (κ1) is 22.8. The Morgan fingerprint density at radius 3 is 2.29 bits per heavy atom. The number of rotatable bonds is 4. The molecule has 0 spiro atoms. The Morgan fingerprint density at radius 1 is 0.763 bits per heavy atom. The minimum Gasteiger partial charge on any atom is -0.439 e. The maximum Gasteiger partial charge on any atom is 0.340 e. The molecule has 5 nitrogen and oxygen atoms in total. The monoisotopic (exact) mass is 500 g/mol. The largest absolute Gasteiger partial charge is 0.439 e. The number of pyridine rings is 1. The predicted molar refractivity (Wildman–Crippen MR) is 149 cm³/mol. The number of morpholine rings is 1. The van der Waals surface area contributed by atoms with E-state index in [1.807, 2.05) is 42.5 Å². The fraction of sp³-hybridized carbons (Fsp3) is 0.182. The second-order valence-electron chi connectivity index (χ2n) is 9.96. The number of benzene rings is 3. The number of cyclic esters (lactones) is 1. The number of carbonyl (C=O) groups excluding carboxylic acids is 1. The Kier molecular flexibility index (Phi) is 5.34. The molecule has 0 N–H and O–H groups in total. The van der Waals surface area contributed by atoms with Crippen molar-refractivity contribution in [3.63, 3.8) is 0 Å². The summed E-state index contributed by atoms with van der Waals surface area (Å²) >= 11 is 0. The highest BCUT2D eigenvalue weighted by Gasteiger charge is 2.51. The first-order valence-electron chi connectivity index (χ1n) is 13.1. The van der Waals surface area contributed by atoms with E-state index < -0.39 is 5.60 Å². The number of esters is 1. The molecule has 0 bridgehead atoms. The van der Waals surface area contributed by atoms with E-state index >= 15 is 0 Å². The zero-order chi connectivity index (χ0) is 25.7. The molecule has 5 heteroatoms. The average molecular weight is 501 g/mol. The van der Waals surface area contributed by atoms with Crippen molar-refractivity contribution in [3.8, 4) is 11.1 Å². The van der Waals surface area contributed by atoms with E-state index in [-0.39, 0.29) is 5.97 Å². The van der Waals surface area contributed by atoms with Gasteiger partial charge in [0.1, 0.15) is 0 Å². The Morgan fingerprint density at radius 2 is 1.50 bits per heavy atom. The summed E-state index contributed by atoms with van der Waals surface area (Å²) in [7, 11) is 0. The SMILES string of the molecule is Cc1cccc2cc(-c3ccccc3)c(C3(c4ccc(N5CCOCC5)cc4)OC(=O)c4ccccc43)n12. The van der Waals surface area contributed by atoms with Crippen LogP contribution in [0, 0.1) is 6.92 Å². The van der Waals surface area contributed by atoms with E-state index in [1.54, 1.807) is 0 Å². The third-order valence-corrected chi connectivity index (χ3v) is 7.83. The van der Waals surface area contributed by atoms with Gasteiger partial charge in [-0.15, -0.1) is 0 Å². The van der Waals surface area contributed by atoms with Crippen LogP contribution in [0.3, 0.4) is 0 Å². The number of ether oxygens (including phenoxy) is 2. The molecule has 1 fully saturated rings. The molecule has 1 saturated heterocycles. The van der Waals surface area contributed by atoms with Gasteiger partial charge < -0.3 is 18.8 Å². The van der Waals surface area contributed by atoms with Gasteiger partial charge in [-0.05, 0) is 48.9 Å². The number of carbonyl (C=O) groups is 1. The van der Waals surface area contributed by atoms with E-state index in [1.165, 1.54) is 0 Å². The van der Waals surface area contributed by atoms with Crippen molar-refractivity contribution in [2.45, 2.75) is 12.5 Å². The molecule has 0 amide bonds. The van der Waals surface area contributed by atoms with Gasteiger partial charge >= 0.3 is 5.97 Å². The summed E-state index contributed by atoms with van der Waals surface area (Å²) in [6.45, 7) is 5.29. The maximum absolute atomic E-state index is 13.5. The van der Waals surface area contributed by atoms with Gasteiger partial charge in [0, 0.05) is 46.7 Å². The molecular formula is C33H28N2O3. The molecule has 0 saturated carbocycles. The molecule has 5 aromatic rings. The third kappa shape index (κ3) is 3.39. The standard InChI is InChI=1S/C33H28N2O3/c1-23-8-7-11-27-22-29(24-9-3-2-4-10-24)31(35(23)27)33(30-13-6-5-12-28(30)32(36)38-33)25-14-16-26(17-15-25)34-18-20-37-21-19-34/h2-17,22H,18-21H2,1H3. The third-order valence-electron chi connectivity index (χ3n) is 7.83. The second-order valence-corrected chi connectivity index (χ2v) is 9.96. The number of nitrogens with zero attached hydrogens (tertiary/aromatic N) is 2. The van der Waals surface area contributed by atoms with Crippen molar-refractivity contribution in [2.24, 2.45) is 0 Å². The van der Waals surface area contributed by atoms with Crippen LogP contribution < -0.4 is 4.90 Å². The molecule has 3 aromatic carbocycles.